The minimum atomic E-state index is 0.556. The normalized spacial score (nSPS) is 16.1. The van der Waals surface area contributed by atoms with E-state index >= 15 is 0 Å². The molecule has 1 aromatic carbocycles. The summed E-state index contributed by atoms with van der Waals surface area (Å²) < 4.78 is 16.3. The monoisotopic (exact) mass is 280 g/mol. The molecule has 0 bridgehead atoms. The fraction of sp³-hybridized carbons (Fsp3) is 0.600. The van der Waals surface area contributed by atoms with Crippen LogP contribution in [0.4, 0.5) is 0 Å². The molecule has 0 aromatic heterocycles. The van der Waals surface area contributed by atoms with Crippen LogP contribution in [0.15, 0.2) is 12.1 Å². The summed E-state index contributed by atoms with van der Waals surface area (Å²) in [6.07, 6.45) is 0. The molecule has 0 amide bonds. The number of nitrogens with zero attached hydrogens (tertiary/aromatic N) is 1. The van der Waals surface area contributed by atoms with E-state index in [9.17, 15) is 0 Å². The van der Waals surface area contributed by atoms with E-state index in [2.05, 4.69) is 10.2 Å². The van der Waals surface area contributed by atoms with Crippen molar-refractivity contribution in [3.63, 3.8) is 0 Å². The van der Waals surface area contributed by atoms with Gasteiger partial charge in [0.2, 0.25) is 0 Å². The van der Waals surface area contributed by atoms with Crippen molar-refractivity contribution in [1.82, 2.24) is 10.2 Å². The molecule has 1 N–H and O–H groups in total. The molecule has 0 saturated carbocycles. The molecule has 0 aliphatic carbocycles. The predicted molar refractivity (Wildman–Crippen MR) is 78.4 cm³/mol. The first-order valence-corrected chi connectivity index (χ1v) is 6.94. The lowest BCUT2D eigenvalue weighted by atomic mass is 10.1. The van der Waals surface area contributed by atoms with Gasteiger partial charge in [0.25, 0.3) is 0 Å². The lowest BCUT2D eigenvalue weighted by Gasteiger charge is -2.28. The van der Waals surface area contributed by atoms with E-state index in [1.807, 2.05) is 12.1 Å². The minimum absolute atomic E-state index is 0.556. The Kier molecular flexibility index (Phi) is 5.64. The predicted octanol–water partition coefficient (Wildman–Crippen LogP) is 1.26. The highest BCUT2D eigenvalue weighted by Gasteiger charge is 2.17. The van der Waals surface area contributed by atoms with Gasteiger partial charge >= 0.3 is 0 Å². The van der Waals surface area contributed by atoms with Crippen LogP contribution in [0.25, 0.3) is 0 Å². The minimum Gasteiger partial charge on any atom is -0.496 e. The summed E-state index contributed by atoms with van der Waals surface area (Å²) in [4.78, 5) is 2.41. The van der Waals surface area contributed by atoms with Gasteiger partial charge in [-0.25, -0.2) is 0 Å². The van der Waals surface area contributed by atoms with Gasteiger partial charge in [-0.3, -0.25) is 4.90 Å². The molecule has 0 spiro atoms. The second kappa shape index (κ2) is 7.47. The smallest absolute Gasteiger partial charge is 0.127 e. The van der Waals surface area contributed by atoms with Crippen LogP contribution in [0.3, 0.4) is 0 Å². The molecule has 0 unspecified atom stereocenters. The second-order valence-electron chi connectivity index (χ2n) is 4.94. The molecule has 1 fully saturated rings. The molecule has 5 nitrogen and oxygen atoms in total. The Morgan fingerprint density at radius 2 is 1.65 bits per heavy atom. The fourth-order valence-corrected chi connectivity index (χ4v) is 2.54. The lowest BCUT2D eigenvalue weighted by Crippen LogP contribution is -2.43. The molecular formula is C15H24N2O3. The van der Waals surface area contributed by atoms with Crippen molar-refractivity contribution >= 4 is 0 Å². The van der Waals surface area contributed by atoms with Gasteiger partial charge in [-0.1, -0.05) is 0 Å². The number of hydrogen-bond donors (Lipinski definition) is 1. The van der Waals surface area contributed by atoms with Gasteiger partial charge in [0.05, 0.1) is 26.4 Å². The van der Waals surface area contributed by atoms with Crippen LogP contribution < -0.4 is 14.8 Å². The van der Waals surface area contributed by atoms with Gasteiger partial charge in [0, 0.05) is 39.8 Å². The maximum absolute atomic E-state index is 5.54. The number of nitrogens with one attached hydrogen (secondary N) is 1. The van der Waals surface area contributed by atoms with Gasteiger partial charge in [-0.15, -0.1) is 0 Å². The van der Waals surface area contributed by atoms with Crippen molar-refractivity contribution in [3.05, 3.63) is 23.3 Å². The quantitative estimate of drug-likeness (QED) is 0.849. The molecule has 1 aliphatic heterocycles. The summed E-state index contributed by atoms with van der Waals surface area (Å²) >= 11 is 0. The van der Waals surface area contributed by atoms with Gasteiger partial charge in [-0.05, 0) is 17.7 Å². The second-order valence-corrected chi connectivity index (χ2v) is 4.94. The zero-order valence-electron chi connectivity index (χ0n) is 12.6. The summed E-state index contributed by atoms with van der Waals surface area (Å²) in [6.45, 7) is 5.57. The van der Waals surface area contributed by atoms with Crippen molar-refractivity contribution in [2.24, 2.45) is 0 Å². The lowest BCUT2D eigenvalue weighted by molar-refractivity contribution is 0.184. The number of piperazine rings is 1. The maximum atomic E-state index is 5.54. The first kappa shape index (κ1) is 15.1. The molecule has 5 heteroatoms. The largest absolute Gasteiger partial charge is 0.496 e. The fourth-order valence-electron chi connectivity index (χ4n) is 2.54. The highest BCUT2D eigenvalue weighted by Crippen LogP contribution is 2.32. The summed E-state index contributed by atoms with van der Waals surface area (Å²) in [5.74, 6) is 1.74. The molecule has 112 valence electrons. The van der Waals surface area contributed by atoms with Crippen LogP contribution in [0, 0.1) is 0 Å². The average molecular weight is 280 g/mol. The molecule has 0 atom stereocenters. The molecule has 1 aromatic rings. The first-order chi connectivity index (χ1) is 9.78. The molecule has 1 aliphatic rings. The van der Waals surface area contributed by atoms with Crippen LogP contribution in [0.5, 0.6) is 11.5 Å². The Morgan fingerprint density at radius 1 is 1.05 bits per heavy atom. The average Bonchev–Trinajstić information content (AvgIpc) is 2.49. The summed E-state index contributed by atoms with van der Waals surface area (Å²) in [7, 11) is 5.09. The Balaban J connectivity index is 2.24. The molecular weight excluding hydrogens is 256 g/mol. The highest BCUT2D eigenvalue weighted by atomic mass is 16.5. The molecule has 1 heterocycles. The molecule has 2 rings (SSSR count). The zero-order chi connectivity index (χ0) is 14.4. The van der Waals surface area contributed by atoms with E-state index in [-0.39, 0.29) is 0 Å². The summed E-state index contributed by atoms with van der Waals surface area (Å²) in [5, 5.41) is 3.36. The maximum Gasteiger partial charge on any atom is 0.127 e. The Bertz CT molecular complexity index is 406. The van der Waals surface area contributed by atoms with Crippen LogP contribution in [-0.4, -0.2) is 52.4 Å². The van der Waals surface area contributed by atoms with Crippen LogP contribution in [0.2, 0.25) is 0 Å². The van der Waals surface area contributed by atoms with Crippen molar-refractivity contribution < 1.29 is 14.2 Å². The molecule has 1 saturated heterocycles. The van der Waals surface area contributed by atoms with Crippen molar-refractivity contribution in [3.8, 4) is 11.5 Å². The summed E-state index contributed by atoms with van der Waals surface area (Å²) in [5.41, 5.74) is 2.17. The third-order valence-corrected chi connectivity index (χ3v) is 3.57. The van der Waals surface area contributed by atoms with Crippen molar-refractivity contribution in [2.45, 2.75) is 13.2 Å². The number of hydrogen-bond acceptors (Lipinski definition) is 5. The van der Waals surface area contributed by atoms with E-state index in [0.717, 1.165) is 55.3 Å². The number of ether oxygens (including phenoxy) is 3. The van der Waals surface area contributed by atoms with Crippen molar-refractivity contribution in [2.75, 3.05) is 47.5 Å². The third kappa shape index (κ3) is 3.62. The van der Waals surface area contributed by atoms with Crippen molar-refractivity contribution in [1.29, 1.82) is 0 Å². The first-order valence-electron chi connectivity index (χ1n) is 6.94. The van der Waals surface area contributed by atoms with E-state index in [0.29, 0.717) is 6.61 Å². The Morgan fingerprint density at radius 3 is 2.15 bits per heavy atom. The SMILES string of the molecule is COCc1cc(OC)c(CN2CCNCC2)c(OC)c1. The van der Waals surface area contributed by atoms with Gasteiger partial charge in [0.1, 0.15) is 11.5 Å². The van der Waals surface area contributed by atoms with E-state index in [4.69, 9.17) is 14.2 Å². The molecule has 0 radical (unpaired) electrons. The van der Waals surface area contributed by atoms with Crippen LogP contribution in [-0.2, 0) is 17.9 Å². The Hall–Kier alpha value is -1.30. The van der Waals surface area contributed by atoms with E-state index in [1.165, 1.54) is 0 Å². The number of rotatable bonds is 6. The third-order valence-electron chi connectivity index (χ3n) is 3.57. The topological polar surface area (TPSA) is 43.0 Å². The standard InChI is InChI=1S/C15H24N2O3/c1-18-11-12-8-14(19-2)13(15(9-12)20-3)10-17-6-4-16-5-7-17/h8-9,16H,4-7,10-11H2,1-3H3. The summed E-state index contributed by atoms with van der Waals surface area (Å²) in [6, 6.07) is 4.06. The van der Waals surface area contributed by atoms with Gasteiger partial charge in [0.15, 0.2) is 0 Å². The van der Waals surface area contributed by atoms with Crippen LogP contribution >= 0.6 is 0 Å². The van der Waals surface area contributed by atoms with E-state index in [1.54, 1.807) is 21.3 Å². The van der Waals surface area contributed by atoms with Gasteiger partial charge < -0.3 is 19.5 Å². The Labute approximate surface area is 120 Å². The van der Waals surface area contributed by atoms with E-state index < -0.39 is 0 Å². The van der Waals surface area contributed by atoms with Gasteiger partial charge in [-0.2, -0.15) is 0 Å². The zero-order valence-corrected chi connectivity index (χ0v) is 12.6. The molecule has 20 heavy (non-hydrogen) atoms. The number of methoxy groups -OCH3 is 3. The van der Waals surface area contributed by atoms with Crippen LogP contribution in [0.1, 0.15) is 11.1 Å². The number of benzene rings is 1. The highest BCUT2D eigenvalue weighted by molar-refractivity contribution is 5.48.